The standard InChI is InChI=1S/C18H18BrNO4S/c1-2-24-18(21)17-16-9-8-14(19)12-13(16)10-11-20(17)25(22,23)15-6-4-3-5-7-15/h3-9,12,17H,2,10-11H2,1H3. The van der Waals surface area contributed by atoms with E-state index in [4.69, 9.17) is 4.74 Å². The third kappa shape index (κ3) is 3.49. The Morgan fingerprint density at radius 2 is 1.96 bits per heavy atom. The van der Waals surface area contributed by atoms with Crippen LogP contribution in [-0.4, -0.2) is 31.8 Å². The highest BCUT2D eigenvalue weighted by atomic mass is 79.9. The molecule has 1 atom stereocenters. The first kappa shape index (κ1) is 18.1. The van der Waals surface area contributed by atoms with Crippen molar-refractivity contribution in [3.05, 3.63) is 64.1 Å². The smallest absolute Gasteiger partial charge is 0.329 e. The molecular formula is C18H18BrNO4S. The SMILES string of the molecule is CCOC(=O)C1c2ccc(Br)cc2CCN1S(=O)(=O)c1ccccc1. The third-order valence-electron chi connectivity index (χ3n) is 4.15. The van der Waals surface area contributed by atoms with Gasteiger partial charge in [0.25, 0.3) is 0 Å². The molecule has 1 unspecified atom stereocenters. The van der Waals surface area contributed by atoms with Gasteiger partial charge < -0.3 is 4.74 Å². The largest absolute Gasteiger partial charge is 0.465 e. The second-order valence-corrected chi connectivity index (χ2v) is 8.48. The van der Waals surface area contributed by atoms with Gasteiger partial charge >= 0.3 is 5.97 Å². The third-order valence-corrected chi connectivity index (χ3v) is 6.52. The van der Waals surface area contributed by atoms with Crippen molar-refractivity contribution in [3.63, 3.8) is 0 Å². The highest BCUT2D eigenvalue weighted by molar-refractivity contribution is 9.10. The molecule has 0 aliphatic carbocycles. The molecule has 25 heavy (non-hydrogen) atoms. The fraction of sp³-hybridized carbons (Fsp3) is 0.278. The number of hydrogen-bond acceptors (Lipinski definition) is 4. The lowest BCUT2D eigenvalue weighted by Gasteiger charge is -2.34. The normalized spacial score (nSPS) is 17.8. The van der Waals surface area contributed by atoms with E-state index in [2.05, 4.69) is 15.9 Å². The van der Waals surface area contributed by atoms with Gasteiger partial charge in [0.15, 0.2) is 0 Å². The molecule has 5 nitrogen and oxygen atoms in total. The van der Waals surface area contributed by atoms with Gasteiger partial charge in [-0.2, -0.15) is 4.31 Å². The van der Waals surface area contributed by atoms with Gasteiger partial charge in [-0.05, 0) is 48.7 Å². The second kappa shape index (κ2) is 7.27. The van der Waals surface area contributed by atoms with Crippen LogP contribution in [-0.2, 0) is 26.0 Å². The molecule has 0 fully saturated rings. The molecule has 0 saturated carbocycles. The number of carbonyl (C=O) groups is 1. The van der Waals surface area contributed by atoms with Crippen molar-refractivity contribution >= 4 is 31.9 Å². The van der Waals surface area contributed by atoms with E-state index >= 15 is 0 Å². The van der Waals surface area contributed by atoms with Gasteiger partial charge in [-0.1, -0.05) is 40.2 Å². The molecule has 1 aliphatic heterocycles. The number of sulfonamides is 1. The number of rotatable bonds is 4. The Balaban J connectivity index is 2.10. The molecule has 0 N–H and O–H groups in total. The molecule has 1 aliphatic rings. The van der Waals surface area contributed by atoms with Crippen molar-refractivity contribution in [1.82, 2.24) is 4.31 Å². The molecule has 132 valence electrons. The number of fused-ring (bicyclic) bond motifs is 1. The average Bonchev–Trinajstić information content (AvgIpc) is 2.61. The summed E-state index contributed by atoms with van der Waals surface area (Å²) in [5.74, 6) is -0.551. The summed E-state index contributed by atoms with van der Waals surface area (Å²) in [5.41, 5.74) is 1.62. The number of ether oxygens (including phenoxy) is 1. The Hall–Kier alpha value is -1.70. The first-order chi connectivity index (χ1) is 11.9. The van der Waals surface area contributed by atoms with E-state index in [0.29, 0.717) is 12.0 Å². The fourth-order valence-electron chi connectivity index (χ4n) is 3.02. The van der Waals surface area contributed by atoms with Crippen molar-refractivity contribution in [2.75, 3.05) is 13.2 Å². The van der Waals surface area contributed by atoms with Gasteiger partial charge in [0.2, 0.25) is 10.0 Å². The van der Waals surface area contributed by atoms with Gasteiger partial charge in [-0.3, -0.25) is 0 Å². The summed E-state index contributed by atoms with van der Waals surface area (Å²) in [4.78, 5) is 12.8. The maximum absolute atomic E-state index is 13.1. The zero-order valence-electron chi connectivity index (χ0n) is 13.7. The summed E-state index contributed by atoms with van der Waals surface area (Å²) in [6.45, 7) is 2.13. The number of hydrogen-bond donors (Lipinski definition) is 0. The fourth-order valence-corrected chi connectivity index (χ4v) is 5.01. The van der Waals surface area contributed by atoms with Crippen molar-refractivity contribution in [1.29, 1.82) is 0 Å². The predicted molar refractivity (Wildman–Crippen MR) is 97.6 cm³/mol. The molecule has 0 spiro atoms. The molecule has 0 aromatic heterocycles. The monoisotopic (exact) mass is 423 g/mol. The van der Waals surface area contributed by atoms with Crippen LogP contribution in [0.25, 0.3) is 0 Å². The number of halogens is 1. The lowest BCUT2D eigenvalue weighted by atomic mass is 9.94. The van der Waals surface area contributed by atoms with Crippen LogP contribution in [0.3, 0.4) is 0 Å². The Morgan fingerprint density at radius 3 is 2.64 bits per heavy atom. The average molecular weight is 424 g/mol. The second-order valence-electron chi connectivity index (χ2n) is 5.68. The Bertz CT molecular complexity index is 883. The van der Waals surface area contributed by atoms with Crippen LogP contribution in [0.15, 0.2) is 57.9 Å². The maximum Gasteiger partial charge on any atom is 0.329 e. The Kier molecular flexibility index (Phi) is 5.27. The number of carbonyl (C=O) groups excluding carboxylic acids is 1. The summed E-state index contributed by atoms with van der Waals surface area (Å²) in [6.07, 6.45) is 0.538. The quantitative estimate of drug-likeness (QED) is 0.707. The van der Waals surface area contributed by atoms with Crippen LogP contribution in [0, 0.1) is 0 Å². The molecule has 2 aromatic carbocycles. The summed E-state index contributed by atoms with van der Waals surface area (Å²) in [6, 6.07) is 12.7. The van der Waals surface area contributed by atoms with E-state index < -0.39 is 22.0 Å². The van der Waals surface area contributed by atoms with Crippen LogP contribution in [0.1, 0.15) is 24.1 Å². The van der Waals surface area contributed by atoms with Crippen molar-refractivity contribution in [2.45, 2.75) is 24.3 Å². The predicted octanol–water partition coefficient (Wildman–Crippen LogP) is 3.30. The van der Waals surface area contributed by atoms with Crippen LogP contribution < -0.4 is 0 Å². The minimum atomic E-state index is -3.81. The van der Waals surface area contributed by atoms with Gasteiger partial charge in [0.1, 0.15) is 6.04 Å². The summed E-state index contributed by atoms with van der Waals surface area (Å²) >= 11 is 3.42. The van der Waals surface area contributed by atoms with Gasteiger partial charge in [-0.15, -0.1) is 0 Å². The highest BCUT2D eigenvalue weighted by Gasteiger charge is 2.41. The molecule has 1 heterocycles. The van der Waals surface area contributed by atoms with Gasteiger partial charge in [-0.25, -0.2) is 13.2 Å². The molecule has 2 aromatic rings. The topological polar surface area (TPSA) is 63.7 Å². The number of nitrogens with zero attached hydrogens (tertiary/aromatic N) is 1. The van der Waals surface area contributed by atoms with Gasteiger partial charge in [0.05, 0.1) is 11.5 Å². The van der Waals surface area contributed by atoms with Crippen LogP contribution in [0.4, 0.5) is 0 Å². The molecule has 3 rings (SSSR count). The first-order valence-electron chi connectivity index (χ1n) is 7.97. The number of esters is 1. The highest BCUT2D eigenvalue weighted by Crippen LogP contribution is 2.36. The summed E-state index contributed by atoms with van der Waals surface area (Å²) in [5, 5.41) is 0. The molecule has 7 heteroatoms. The van der Waals surface area contributed by atoms with E-state index in [9.17, 15) is 13.2 Å². The van der Waals surface area contributed by atoms with Crippen LogP contribution in [0.5, 0.6) is 0 Å². The molecule has 0 bridgehead atoms. The first-order valence-corrected chi connectivity index (χ1v) is 10.2. The summed E-state index contributed by atoms with van der Waals surface area (Å²) in [7, 11) is -3.81. The lowest BCUT2D eigenvalue weighted by Crippen LogP contribution is -2.44. The minimum absolute atomic E-state index is 0.171. The van der Waals surface area contributed by atoms with E-state index in [0.717, 1.165) is 10.0 Å². The van der Waals surface area contributed by atoms with Crippen molar-refractivity contribution in [3.8, 4) is 0 Å². The van der Waals surface area contributed by atoms with E-state index in [1.54, 1.807) is 31.2 Å². The zero-order chi connectivity index (χ0) is 18.0. The maximum atomic E-state index is 13.1. The lowest BCUT2D eigenvalue weighted by molar-refractivity contribution is -0.148. The number of benzene rings is 2. The van der Waals surface area contributed by atoms with Crippen molar-refractivity contribution < 1.29 is 17.9 Å². The van der Waals surface area contributed by atoms with E-state index in [1.165, 1.54) is 16.4 Å². The minimum Gasteiger partial charge on any atom is -0.465 e. The molecular weight excluding hydrogens is 406 g/mol. The van der Waals surface area contributed by atoms with Gasteiger partial charge in [0, 0.05) is 11.0 Å². The summed E-state index contributed by atoms with van der Waals surface area (Å²) < 4.78 is 33.5. The molecule has 0 saturated heterocycles. The van der Waals surface area contributed by atoms with E-state index in [-0.39, 0.29) is 18.0 Å². The van der Waals surface area contributed by atoms with E-state index in [1.807, 2.05) is 12.1 Å². The van der Waals surface area contributed by atoms with Crippen LogP contribution >= 0.6 is 15.9 Å². The van der Waals surface area contributed by atoms with Crippen molar-refractivity contribution in [2.24, 2.45) is 0 Å². The molecule has 0 amide bonds. The van der Waals surface area contributed by atoms with Crippen LogP contribution in [0.2, 0.25) is 0 Å². The Labute approximate surface area is 155 Å². The Morgan fingerprint density at radius 1 is 1.24 bits per heavy atom. The zero-order valence-corrected chi connectivity index (χ0v) is 16.1. The molecule has 0 radical (unpaired) electrons.